The molecule has 0 radical (unpaired) electrons. The SMILES string of the molecule is C=S(=O)(F)Oc1ccc(OC(C)(Oc2ccc(OS(=O)(=O)F)cc2)c2ccccc2)cc1. The van der Waals surface area contributed by atoms with Gasteiger partial charge in [0.2, 0.25) is 0 Å². The summed E-state index contributed by atoms with van der Waals surface area (Å²) in [5.74, 6) is 1.79. The van der Waals surface area contributed by atoms with Crippen LogP contribution in [0.15, 0.2) is 78.9 Å². The topological polar surface area (TPSA) is 88.1 Å². The zero-order valence-electron chi connectivity index (χ0n) is 16.6. The quantitative estimate of drug-likeness (QED) is 0.251. The molecular formula is C21H18F2O7S2. The molecule has 0 aromatic heterocycles. The maximum Gasteiger partial charge on any atom is 0.488 e. The molecule has 0 N–H and O–H groups in total. The third-order valence-electron chi connectivity index (χ3n) is 3.99. The molecule has 2 atom stereocenters. The normalized spacial score (nSPS) is 15.1. The number of hydrogen-bond donors (Lipinski definition) is 0. The molecule has 0 spiro atoms. The predicted octanol–water partition coefficient (Wildman–Crippen LogP) is 4.51. The number of hydrogen-bond acceptors (Lipinski definition) is 7. The molecule has 3 rings (SSSR count). The number of ether oxygens (including phenoxy) is 2. The standard InChI is InChI=1S/C21H18F2O7S2/c1-21(16-6-4-3-5-7-16,27-17-8-12-19(13-9-17)29-31(2,22)24)28-18-10-14-20(15-11-18)30-32(23,25)26/h3-15H,2H2,1H3. The Morgan fingerprint density at radius 3 is 1.50 bits per heavy atom. The summed E-state index contributed by atoms with van der Waals surface area (Å²) in [6.45, 7) is 1.65. The van der Waals surface area contributed by atoms with Crippen LogP contribution in [0, 0.1) is 0 Å². The molecule has 0 saturated carbocycles. The van der Waals surface area contributed by atoms with Gasteiger partial charge in [-0.15, -0.1) is 3.89 Å². The van der Waals surface area contributed by atoms with Gasteiger partial charge >= 0.3 is 10.5 Å². The molecule has 32 heavy (non-hydrogen) atoms. The zero-order chi connectivity index (χ0) is 23.4. The van der Waals surface area contributed by atoms with Crippen LogP contribution in [-0.2, 0) is 26.5 Å². The Morgan fingerprint density at radius 2 is 1.09 bits per heavy atom. The van der Waals surface area contributed by atoms with E-state index in [9.17, 15) is 20.4 Å². The van der Waals surface area contributed by atoms with Gasteiger partial charge in [0.1, 0.15) is 23.0 Å². The molecule has 0 bridgehead atoms. The summed E-state index contributed by atoms with van der Waals surface area (Å²) in [6.07, 6.45) is 0. The van der Waals surface area contributed by atoms with Crippen molar-refractivity contribution in [3.63, 3.8) is 0 Å². The largest absolute Gasteiger partial charge is 0.488 e. The first-order valence-corrected chi connectivity index (χ1v) is 11.8. The van der Waals surface area contributed by atoms with Crippen LogP contribution < -0.4 is 17.8 Å². The fourth-order valence-electron chi connectivity index (χ4n) is 2.71. The maximum atomic E-state index is 13.1. The summed E-state index contributed by atoms with van der Waals surface area (Å²) in [5.41, 5.74) is 0.636. The van der Waals surface area contributed by atoms with E-state index in [1.54, 1.807) is 31.2 Å². The van der Waals surface area contributed by atoms with Crippen LogP contribution in [0.3, 0.4) is 0 Å². The van der Waals surface area contributed by atoms with Crippen molar-refractivity contribution in [1.29, 1.82) is 0 Å². The summed E-state index contributed by atoms with van der Waals surface area (Å²) in [5, 5.41) is 0. The minimum Gasteiger partial charge on any atom is -0.448 e. The van der Waals surface area contributed by atoms with Crippen LogP contribution in [0.25, 0.3) is 0 Å². The second-order valence-corrected chi connectivity index (χ2v) is 8.75. The lowest BCUT2D eigenvalue weighted by atomic mass is 10.1. The summed E-state index contributed by atoms with van der Waals surface area (Å²) < 4.78 is 78.9. The first-order chi connectivity index (χ1) is 14.9. The number of benzene rings is 3. The van der Waals surface area contributed by atoms with Crippen molar-refractivity contribution in [3.05, 3.63) is 84.4 Å². The average Bonchev–Trinajstić information content (AvgIpc) is 2.70. The summed E-state index contributed by atoms with van der Waals surface area (Å²) in [6, 6.07) is 19.8. The minimum atomic E-state index is -5.15. The van der Waals surface area contributed by atoms with Crippen molar-refractivity contribution in [2.45, 2.75) is 12.7 Å². The Hall–Kier alpha value is -3.31. The van der Waals surface area contributed by atoms with E-state index in [0.29, 0.717) is 11.3 Å². The lowest BCUT2D eigenvalue weighted by Gasteiger charge is -2.31. The van der Waals surface area contributed by atoms with Gasteiger partial charge in [0.15, 0.2) is 0 Å². The number of halogens is 2. The lowest BCUT2D eigenvalue weighted by Crippen LogP contribution is -2.36. The molecule has 0 aliphatic carbocycles. The van der Waals surface area contributed by atoms with E-state index in [2.05, 4.69) is 14.2 Å². The lowest BCUT2D eigenvalue weighted by molar-refractivity contribution is -0.105. The van der Waals surface area contributed by atoms with E-state index < -0.39 is 26.5 Å². The van der Waals surface area contributed by atoms with Gasteiger partial charge in [-0.25, -0.2) is 0 Å². The van der Waals surface area contributed by atoms with Crippen molar-refractivity contribution < 1.29 is 38.2 Å². The van der Waals surface area contributed by atoms with Gasteiger partial charge in [-0.1, -0.05) is 34.2 Å². The second-order valence-electron chi connectivity index (χ2n) is 6.56. The van der Waals surface area contributed by atoms with Crippen molar-refractivity contribution >= 4 is 26.6 Å². The molecule has 0 amide bonds. The molecular weight excluding hydrogens is 466 g/mol. The summed E-state index contributed by atoms with van der Waals surface area (Å²) in [7, 11) is -9.31. The molecule has 0 heterocycles. The van der Waals surface area contributed by atoms with Crippen molar-refractivity contribution in [2.24, 2.45) is 0 Å². The Morgan fingerprint density at radius 1 is 0.688 bits per heavy atom. The third kappa shape index (κ3) is 6.86. The Kier molecular flexibility index (Phi) is 6.60. The van der Waals surface area contributed by atoms with Crippen molar-refractivity contribution in [1.82, 2.24) is 0 Å². The first-order valence-electron chi connectivity index (χ1n) is 8.96. The Bertz CT molecular complexity index is 1180. The van der Waals surface area contributed by atoms with Gasteiger partial charge in [-0.3, -0.25) is 0 Å². The van der Waals surface area contributed by atoms with Crippen LogP contribution in [-0.4, -0.2) is 18.5 Å². The molecule has 0 aliphatic rings. The predicted molar refractivity (Wildman–Crippen MR) is 116 cm³/mol. The Labute approximate surface area is 185 Å². The van der Waals surface area contributed by atoms with Gasteiger partial charge in [-0.05, 0) is 48.5 Å². The molecule has 11 heteroatoms. The van der Waals surface area contributed by atoms with E-state index >= 15 is 0 Å². The zero-order valence-corrected chi connectivity index (χ0v) is 18.3. The first kappa shape index (κ1) is 23.4. The minimum absolute atomic E-state index is 0.000543. The average molecular weight is 484 g/mol. The monoisotopic (exact) mass is 484 g/mol. The molecule has 7 nitrogen and oxygen atoms in total. The fourth-order valence-corrected chi connectivity index (χ4v) is 3.45. The van der Waals surface area contributed by atoms with Gasteiger partial charge in [-0.2, -0.15) is 12.6 Å². The van der Waals surface area contributed by atoms with E-state index in [1.807, 2.05) is 6.07 Å². The van der Waals surface area contributed by atoms with E-state index in [0.717, 1.165) is 0 Å². The van der Waals surface area contributed by atoms with E-state index in [4.69, 9.17) is 9.47 Å². The highest BCUT2D eigenvalue weighted by atomic mass is 32.3. The highest BCUT2D eigenvalue weighted by Crippen LogP contribution is 2.33. The maximum absolute atomic E-state index is 13.1. The smallest absolute Gasteiger partial charge is 0.448 e. The van der Waals surface area contributed by atoms with Gasteiger partial charge in [0.25, 0.3) is 16.0 Å². The van der Waals surface area contributed by atoms with E-state index in [-0.39, 0.29) is 17.2 Å². The fraction of sp³-hybridized carbons (Fsp3) is 0.0952. The highest BCUT2D eigenvalue weighted by molar-refractivity contribution is 7.91. The third-order valence-corrected chi connectivity index (χ3v) is 4.82. The summed E-state index contributed by atoms with van der Waals surface area (Å²) >= 11 is 0. The Balaban J connectivity index is 1.85. The molecule has 3 aromatic rings. The molecule has 0 fully saturated rings. The van der Waals surface area contributed by atoms with Crippen LogP contribution >= 0.6 is 0 Å². The van der Waals surface area contributed by atoms with Gasteiger partial charge < -0.3 is 17.8 Å². The summed E-state index contributed by atoms with van der Waals surface area (Å²) in [4.78, 5) is 0. The van der Waals surface area contributed by atoms with Crippen molar-refractivity contribution in [3.8, 4) is 23.0 Å². The number of rotatable bonds is 9. The van der Waals surface area contributed by atoms with Crippen LogP contribution in [0.2, 0.25) is 0 Å². The molecule has 2 unspecified atom stereocenters. The molecule has 170 valence electrons. The molecule has 0 saturated heterocycles. The highest BCUT2D eigenvalue weighted by Gasteiger charge is 2.31. The molecule has 3 aromatic carbocycles. The molecule has 0 aliphatic heterocycles. The van der Waals surface area contributed by atoms with E-state index in [1.165, 1.54) is 48.5 Å². The van der Waals surface area contributed by atoms with Gasteiger partial charge in [0.05, 0.1) is 0 Å². The van der Waals surface area contributed by atoms with Gasteiger partial charge in [0, 0.05) is 18.4 Å². The van der Waals surface area contributed by atoms with Crippen molar-refractivity contribution in [2.75, 3.05) is 0 Å². The van der Waals surface area contributed by atoms with Crippen LogP contribution in [0.4, 0.5) is 7.77 Å². The van der Waals surface area contributed by atoms with Crippen LogP contribution in [0.1, 0.15) is 12.5 Å². The van der Waals surface area contributed by atoms with Crippen LogP contribution in [0.5, 0.6) is 23.0 Å². The second kappa shape index (κ2) is 9.05.